The summed E-state index contributed by atoms with van der Waals surface area (Å²) >= 11 is 1.33. The second-order valence-corrected chi connectivity index (χ2v) is 8.86. The second-order valence-electron chi connectivity index (χ2n) is 7.81. The van der Waals surface area contributed by atoms with E-state index in [2.05, 4.69) is 20.6 Å². The van der Waals surface area contributed by atoms with Crippen LogP contribution in [0.25, 0.3) is 21.1 Å². The Balaban J connectivity index is 1.33. The molecule has 0 radical (unpaired) electrons. The molecule has 2 amide bonds. The lowest BCUT2D eigenvalue weighted by atomic mass is 10.0. The van der Waals surface area contributed by atoms with Crippen LogP contribution in [-0.2, 0) is 4.79 Å². The lowest BCUT2D eigenvalue weighted by Gasteiger charge is -2.23. The van der Waals surface area contributed by atoms with E-state index in [9.17, 15) is 14.7 Å². The molecule has 0 saturated carbocycles. The summed E-state index contributed by atoms with van der Waals surface area (Å²) in [6, 6.07) is 22.1. The van der Waals surface area contributed by atoms with Gasteiger partial charge in [-0.25, -0.2) is 9.78 Å². The van der Waals surface area contributed by atoms with Gasteiger partial charge in [-0.2, -0.15) is 0 Å². The van der Waals surface area contributed by atoms with E-state index in [-0.39, 0.29) is 5.95 Å². The molecule has 0 bridgehead atoms. The minimum Gasteiger partial charge on any atom is -0.399 e. The molecule has 0 saturated heterocycles. The lowest BCUT2D eigenvalue weighted by molar-refractivity contribution is -0.125. The van der Waals surface area contributed by atoms with Gasteiger partial charge in [0.25, 0.3) is 5.91 Å². The first-order valence-corrected chi connectivity index (χ1v) is 11.5. The third kappa shape index (κ3) is 4.93. The minimum absolute atomic E-state index is 0.258. The van der Waals surface area contributed by atoms with Crippen molar-refractivity contribution in [3.8, 4) is 5.06 Å². The van der Waals surface area contributed by atoms with Crippen molar-refractivity contribution in [1.29, 1.82) is 0 Å². The lowest BCUT2D eigenvalue weighted by Crippen LogP contribution is -2.43. The number of hydrogen-bond acceptors (Lipinski definition) is 7. The van der Waals surface area contributed by atoms with Crippen molar-refractivity contribution in [2.24, 2.45) is 0 Å². The molecule has 176 valence electrons. The van der Waals surface area contributed by atoms with Crippen molar-refractivity contribution in [2.75, 3.05) is 11.1 Å². The SMILES string of the molecule is Nc1nc2ccc(NC(=O)C(O)C(NC(=O)Oc3cc4ccccc4s3)c3ccccc3)cc2[nH]1. The number of aliphatic hydroxyl groups excluding tert-OH is 1. The first-order valence-electron chi connectivity index (χ1n) is 10.7. The molecule has 10 heteroatoms. The number of imidazole rings is 1. The fraction of sp³-hybridized carbons (Fsp3) is 0.0800. The van der Waals surface area contributed by atoms with Crippen LogP contribution in [0.2, 0.25) is 0 Å². The smallest absolute Gasteiger partial charge is 0.399 e. The van der Waals surface area contributed by atoms with Crippen molar-refractivity contribution in [3.05, 3.63) is 84.4 Å². The number of nitrogen functional groups attached to an aromatic ring is 1. The molecule has 0 aliphatic carbocycles. The number of aromatic nitrogens is 2. The first-order chi connectivity index (χ1) is 17.0. The van der Waals surface area contributed by atoms with E-state index in [1.165, 1.54) is 11.3 Å². The average Bonchev–Trinajstić information content (AvgIpc) is 3.43. The Morgan fingerprint density at radius 3 is 2.60 bits per heavy atom. The fourth-order valence-corrected chi connectivity index (χ4v) is 4.65. The third-order valence-corrected chi connectivity index (χ3v) is 6.37. The van der Waals surface area contributed by atoms with Gasteiger partial charge < -0.3 is 31.2 Å². The zero-order chi connectivity index (χ0) is 24.4. The van der Waals surface area contributed by atoms with E-state index in [1.54, 1.807) is 54.6 Å². The molecule has 5 aromatic rings. The van der Waals surface area contributed by atoms with Gasteiger partial charge in [0.2, 0.25) is 0 Å². The van der Waals surface area contributed by atoms with Crippen LogP contribution in [0.4, 0.5) is 16.4 Å². The molecule has 5 rings (SSSR count). The number of rotatable bonds is 6. The van der Waals surface area contributed by atoms with Gasteiger partial charge in [0.15, 0.2) is 17.1 Å². The number of carbonyl (C=O) groups is 2. The van der Waals surface area contributed by atoms with E-state index in [1.807, 2.05) is 24.3 Å². The van der Waals surface area contributed by atoms with Crippen LogP contribution < -0.4 is 21.1 Å². The molecule has 2 heterocycles. The summed E-state index contributed by atoms with van der Waals surface area (Å²) < 4.78 is 6.43. The quantitative estimate of drug-likeness (QED) is 0.243. The number of thiophene rings is 1. The fourth-order valence-electron chi connectivity index (χ4n) is 3.74. The van der Waals surface area contributed by atoms with Crippen molar-refractivity contribution >= 4 is 56.1 Å². The molecule has 2 unspecified atom stereocenters. The molecule has 2 atom stereocenters. The predicted molar refractivity (Wildman–Crippen MR) is 135 cm³/mol. The number of nitrogens with two attached hydrogens (primary N) is 1. The Labute approximate surface area is 203 Å². The molecular formula is C25H21N5O4S. The van der Waals surface area contributed by atoms with Crippen LogP contribution in [0.1, 0.15) is 11.6 Å². The van der Waals surface area contributed by atoms with Gasteiger partial charge >= 0.3 is 6.09 Å². The zero-order valence-corrected chi connectivity index (χ0v) is 19.1. The zero-order valence-electron chi connectivity index (χ0n) is 18.3. The van der Waals surface area contributed by atoms with Crippen molar-refractivity contribution in [1.82, 2.24) is 15.3 Å². The molecule has 35 heavy (non-hydrogen) atoms. The molecule has 0 aliphatic rings. The predicted octanol–water partition coefficient (Wildman–Crippen LogP) is 4.19. The topological polar surface area (TPSA) is 142 Å². The Morgan fingerprint density at radius 1 is 1.03 bits per heavy atom. The summed E-state index contributed by atoms with van der Waals surface area (Å²) in [4.78, 5) is 32.6. The number of aliphatic hydroxyl groups is 1. The molecule has 0 aliphatic heterocycles. The van der Waals surface area contributed by atoms with Gasteiger partial charge in [-0.1, -0.05) is 59.9 Å². The van der Waals surface area contributed by atoms with Crippen LogP contribution in [0.5, 0.6) is 5.06 Å². The number of nitrogens with zero attached hydrogens (tertiary/aromatic N) is 1. The maximum Gasteiger partial charge on any atom is 0.413 e. The summed E-state index contributed by atoms with van der Waals surface area (Å²) in [5.41, 5.74) is 7.93. The molecule has 2 aromatic heterocycles. The summed E-state index contributed by atoms with van der Waals surface area (Å²) in [6.07, 6.45) is -2.39. The number of fused-ring (bicyclic) bond motifs is 2. The number of hydrogen-bond donors (Lipinski definition) is 5. The van der Waals surface area contributed by atoms with Crippen LogP contribution in [-0.4, -0.2) is 33.2 Å². The van der Waals surface area contributed by atoms with Gasteiger partial charge in [0.05, 0.1) is 17.1 Å². The summed E-state index contributed by atoms with van der Waals surface area (Å²) in [5.74, 6) is -0.443. The van der Waals surface area contributed by atoms with E-state index in [0.717, 1.165) is 10.1 Å². The molecule has 0 fully saturated rings. The highest BCUT2D eigenvalue weighted by Gasteiger charge is 2.30. The highest BCUT2D eigenvalue weighted by molar-refractivity contribution is 7.20. The van der Waals surface area contributed by atoms with Crippen molar-refractivity contribution in [2.45, 2.75) is 12.1 Å². The van der Waals surface area contributed by atoms with Gasteiger partial charge in [-0.05, 0) is 35.2 Å². The van der Waals surface area contributed by atoms with E-state index in [0.29, 0.717) is 27.3 Å². The third-order valence-electron chi connectivity index (χ3n) is 5.38. The number of aromatic amines is 1. The largest absolute Gasteiger partial charge is 0.413 e. The average molecular weight is 488 g/mol. The number of benzene rings is 3. The Morgan fingerprint density at radius 2 is 1.80 bits per heavy atom. The summed E-state index contributed by atoms with van der Waals surface area (Å²) in [5, 5.41) is 17.6. The normalized spacial score (nSPS) is 12.8. The van der Waals surface area contributed by atoms with Gasteiger partial charge in [-0.15, -0.1) is 0 Å². The van der Waals surface area contributed by atoms with Gasteiger partial charge in [0, 0.05) is 16.5 Å². The van der Waals surface area contributed by atoms with Crippen LogP contribution in [0.15, 0.2) is 78.9 Å². The standard InChI is InChI=1S/C25H21N5O4S/c26-24-28-17-11-10-16(13-18(17)29-24)27-23(32)22(31)21(14-6-2-1-3-7-14)30-25(33)34-20-12-15-8-4-5-9-19(15)35-20/h1-13,21-22,31H,(H,27,32)(H,30,33)(H3,26,28,29). The molecule has 0 spiro atoms. The van der Waals surface area contributed by atoms with Crippen LogP contribution >= 0.6 is 11.3 Å². The number of amides is 2. The van der Waals surface area contributed by atoms with Crippen LogP contribution in [0, 0.1) is 0 Å². The number of anilines is 2. The number of ether oxygens (including phenoxy) is 1. The number of carbonyl (C=O) groups excluding carboxylic acids is 2. The van der Waals surface area contributed by atoms with Crippen molar-refractivity contribution < 1.29 is 19.4 Å². The maximum atomic E-state index is 12.9. The van der Waals surface area contributed by atoms with Crippen LogP contribution in [0.3, 0.4) is 0 Å². The second kappa shape index (κ2) is 9.45. The number of H-pyrrole nitrogens is 1. The maximum absolute atomic E-state index is 12.9. The molecular weight excluding hydrogens is 466 g/mol. The highest BCUT2D eigenvalue weighted by Crippen LogP contribution is 2.31. The van der Waals surface area contributed by atoms with E-state index < -0.39 is 24.1 Å². The Kier molecular flexibility index (Phi) is 6.04. The van der Waals surface area contributed by atoms with Gasteiger partial charge in [0.1, 0.15) is 0 Å². The molecule has 9 nitrogen and oxygen atoms in total. The first kappa shape index (κ1) is 22.4. The summed E-state index contributed by atoms with van der Waals surface area (Å²) in [7, 11) is 0. The van der Waals surface area contributed by atoms with Gasteiger partial charge in [-0.3, -0.25) is 4.79 Å². The molecule has 6 N–H and O–H groups in total. The monoisotopic (exact) mass is 487 g/mol. The van der Waals surface area contributed by atoms with Crippen molar-refractivity contribution in [3.63, 3.8) is 0 Å². The Bertz CT molecular complexity index is 1480. The number of nitrogens with one attached hydrogen (secondary N) is 3. The Hall–Kier alpha value is -4.41. The minimum atomic E-state index is -1.60. The summed E-state index contributed by atoms with van der Waals surface area (Å²) in [6.45, 7) is 0. The van der Waals surface area contributed by atoms with E-state index in [4.69, 9.17) is 10.5 Å². The molecule has 3 aromatic carbocycles. The van der Waals surface area contributed by atoms with E-state index >= 15 is 0 Å². The highest BCUT2D eigenvalue weighted by atomic mass is 32.1.